The van der Waals surface area contributed by atoms with E-state index < -0.39 is 4.92 Å². The number of rotatable bonds is 4. The van der Waals surface area contributed by atoms with E-state index in [2.05, 4.69) is 20.9 Å². The molecule has 7 heteroatoms. The van der Waals surface area contributed by atoms with Gasteiger partial charge < -0.3 is 5.11 Å². The topological polar surface area (TPSA) is 76.3 Å². The Balaban J connectivity index is 2.67. The van der Waals surface area contributed by atoms with Crippen LogP contribution in [0.3, 0.4) is 0 Å². The average Bonchev–Trinajstić information content (AvgIpc) is 2.38. The molecule has 1 aromatic heterocycles. The normalized spacial score (nSPS) is 12.6. The summed E-state index contributed by atoms with van der Waals surface area (Å²) >= 11 is 4.64. The third-order valence-corrected chi connectivity index (χ3v) is 4.24. The van der Waals surface area contributed by atoms with E-state index in [1.165, 1.54) is 18.0 Å². The van der Waals surface area contributed by atoms with Crippen LogP contribution in [0.5, 0.6) is 0 Å². The molecule has 1 N–H and O–H groups in total. The average molecular weight is 343 g/mol. The molecular formula is C12H11BrN2O3S. The monoisotopic (exact) mass is 342 g/mol. The quantitative estimate of drug-likeness (QED) is 0.523. The lowest BCUT2D eigenvalue weighted by Crippen LogP contribution is -2.03. The molecule has 0 aliphatic rings. The smallest absolute Gasteiger partial charge is 0.301 e. The second kappa shape index (κ2) is 5.85. The van der Waals surface area contributed by atoms with Crippen molar-refractivity contribution in [3.05, 3.63) is 39.0 Å². The Hall–Kier alpha value is -1.18. The SMILES string of the molecule is CC(CO)Sc1c([N+](=O)[O-])cnc2ccc(Br)cc12. The standard InChI is InChI=1S/C12H11BrN2O3S/c1-7(6-16)19-12-9-4-8(13)2-3-10(9)14-5-11(12)15(17)18/h2-5,7,16H,6H2,1H3. The summed E-state index contributed by atoms with van der Waals surface area (Å²) < 4.78 is 0.834. The van der Waals surface area contributed by atoms with Gasteiger partial charge in [-0.1, -0.05) is 22.9 Å². The number of pyridine rings is 1. The molecule has 19 heavy (non-hydrogen) atoms. The van der Waals surface area contributed by atoms with Gasteiger partial charge in [-0.2, -0.15) is 0 Å². The van der Waals surface area contributed by atoms with Gasteiger partial charge in [0.25, 0.3) is 0 Å². The Morgan fingerprint density at radius 3 is 2.95 bits per heavy atom. The van der Waals surface area contributed by atoms with E-state index in [1.54, 1.807) is 6.07 Å². The van der Waals surface area contributed by atoms with Gasteiger partial charge in [0.15, 0.2) is 0 Å². The van der Waals surface area contributed by atoms with Crippen LogP contribution in [0.2, 0.25) is 0 Å². The first-order chi connectivity index (χ1) is 9.02. The number of fused-ring (bicyclic) bond motifs is 1. The number of hydrogen-bond acceptors (Lipinski definition) is 5. The maximum Gasteiger partial charge on any atom is 0.301 e. The zero-order valence-electron chi connectivity index (χ0n) is 10.0. The highest BCUT2D eigenvalue weighted by molar-refractivity contribution is 9.10. The van der Waals surface area contributed by atoms with Crippen LogP contribution in [0.25, 0.3) is 10.9 Å². The van der Waals surface area contributed by atoms with E-state index in [-0.39, 0.29) is 17.5 Å². The zero-order chi connectivity index (χ0) is 14.0. The van der Waals surface area contributed by atoms with E-state index in [0.717, 1.165) is 4.47 Å². The summed E-state index contributed by atoms with van der Waals surface area (Å²) in [7, 11) is 0. The minimum Gasteiger partial charge on any atom is -0.395 e. The fraction of sp³-hybridized carbons (Fsp3) is 0.250. The van der Waals surface area contributed by atoms with Gasteiger partial charge in [0.05, 0.1) is 21.9 Å². The molecule has 0 aliphatic heterocycles. The number of aliphatic hydroxyl groups excluding tert-OH is 1. The molecule has 0 saturated heterocycles. The third-order valence-electron chi connectivity index (χ3n) is 2.53. The van der Waals surface area contributed by atoms with Gasteiger partial charge in [-0.15, -0.1) is 11.8 Å². The van der Waals surface area contributed by atoms with Crippen molar-refractivity contribution in [2.24, 2.45) is 0 Å². The van der Waals surface area contributed by atoms with Crippen molar-refractivity contribution in [1.29, 1.82) is 0 Å². The zero-order valence-corrected chi connectivity index (χ0v) is 12.4. The summed E-state index contributed by atoms with van der Waals surface area (Å²) in [5.74, 6) is 0. The number of halogens is 1. The van der Waals surface area contributed by atoms with Crippen molar-refractivity contribution in [2.45, 2.75) is 17.1 Å². The van der Waals surface area contributed by atoms with Crippen molar-refractivity contribution in [1.82, 2.24) is 4.98 Å². The van der Waals surface area contributed by atoms with E-state index in [0.29, 0.717) is 15.8 Å². The molecule has 2 rings (SSSR count). The molecule has 0 saturated carbocycles. The minimum absolute atomic E-state index is 0.0316. The van der Waals surface area contributed by atoms with Crippen LogP contribution < -0.4 is 0 Å². The first kappa shape index (κ1) is 14.2. The van der Waals surface area contributed by atoms with Crippen molar-refractivity contribution >= 4 is 44.3 Å². The van der Waals surface area contributed by atoms with Gasteiger partial charge in [0, 0.05) is 15.1 Å². The number of aromatic nitrogens is 1. The van der Waals surface area contributed by atoms with Crippen LogP contribution in [0.1, 0.15) is 6.92 Å². The van der Waals surface area contributed by atoms with Crippen LogP contribution in [-0.2, 0) is 0 Å². The molecule has 5 nitrogen and oxygen atoms in total. The Bertz CT molecular complexity index is 636. The lowest BCUT2D eigenvalue weighted by molar-refractivity contribution is -0.387. The molecule has 0 aliphatic carbocycles. The predicted octanol–water partition coefficient (Wildman–Crippen LogP) is 3.38. The molecule has 1 heterocycles. The Morgan fingerprint density at radius 1 is 1.58 bits per heavy atom. The van der Waals surface area contributed by atoms with Gasteiger partial charge in [-0.3, -0.25) is 10.1 Å². The van der Waals surface area contributed by atoms with Crippen molar-refractivity contribution < 1.29 is 10.0 Å². The second-order valence-corrected chi connectivity index (χ2v) is 6.37. The minimum atomic E-state index is -0.445. The van der Waals surface area contributed by atoms with Gasteiger partial charge in [-0.25, -0.2) is 4.98 Å². The second-order valence-electron chi connectivity index (χ2n) is 4.00. The van der Waals surface area contributed by atoms with E-state index in [1.807, 2.05) is 19.1 Å². The highest BCUT2D eigenvalue weighted by atomic mass is 79.9. The van der Waals surface area contributed by atoms with Crippen LogP contribution in [0.15, 0.2) is 33.8 Å². The lowest BCUT2D eigenvalue weighted by Gasteiger charge is -2.10. The van der Waals surface area contributed by atoms with E-state index in [4.69, 9.17) is 5.11 Å². The predicted molar refractivity (Wildman–Crippen MR) is 78.5 cm³/mol. The van der Waals surface area contributed by atoms with Crippen LogP contribution in [0.4, 0.5) is 5.69 Å². The molecule has 0 amide bonds. The Morgan fingerprint density at radius 2 is 2.32 bits per heavy atom. The summed E-state index contributed by atoms with van der Waals surface area (Å²) in [6, 6.07) is 5.45. The largest absolute Gasteiger partial charge is 0.395 e. The molecule has 0 spiro atoms. The summed E-state index contributed by atoms with van der Waals surface area (Å²) in [5.41, 5.74) is 0.664. The molecule has 100 valence electrons. The van der Waals surface area contributed by atoms with Crippen LogP contribution in [-0.4, -0.2) is 26.9 Å². The third kappa shape index (κ3) is 3.05. The number of nitro groups is 1. The molecule has 0 bridgehead atoms. The summed E-state index contributed by atoms with van der Waals surface area (Å²) in [4.78, 5) is 15.3. The molecular weight excluding hydrogens is 332 g/mol. The molecule has 0 radical (unpaired) electrons. The van der Waals surface area contributed by atoms with Crippen molar-refractivity contribution in [3.63, 3.8) is 0 Å². The van der Waals surface area contributed by atoms with Gasteiger partial charge in [-0.05, 0) is 18.2 Å². The molecule has 1 unspecified atom stereocenters. The lowest BCUT2D eigenvalue weighted by atomic mass is 10.2. The maximum absolute atomic E-state index is 11.1. The Labute approximate surface area is 122 Å². The number of thioether (sulfide) groups is 1. The fourth-order valence-electron chi connectivity index (χ4n) is 1.62. The number of nitrogens with zero attached hydrogens (tertiary/aromatic N) is 2. The van der Waals surface area contributed by atoms with E-state index in [9.17, 15) is 10.1 Å². The molecule has 0 fully saturated rings. The maximum atomic E-state index is 11.1. The van der Waals surface area contributed by atoms with Crippen LogP contribution in [0, 0.1) is 10.1 Å². The highest BCUT2D eigenvalue weighted by Gasteiger charge is 2.20. The number of aliphatic hydroxyl groups is 1. The van der Waals surface area contributed by atoms with Crippen molar-refractivity contribution in [2.75, 3.05) is 6.61 Å². The fourth-order valence-corrected chi connectivity index (χ4v) is 3.00. The summed E-state index contributed by atoms with van der Waals surface area (Å²) in [6.07, 6.45) is 1.27. The van der Waals surface area contributed by atoms with E-state index >= 15 is 0 Å². The van der Waals surface area contributed by atoms with Gasteiger partial charge >= 0.3 is 5.69 Å². The first-order valence-electron chi connectivity index (χ1n) is 5.53. The summed E-state index contributed by atoms with van der Waals surface area (Å²) in [5, 5.41) is 20.8. The molecule has 2 aromatic rings. The number of benzene rings is 1. The highest BCUT2D eigenvalue weighted by Crippen LogP contribution is 2.38. The van der Waals surface area contributed by atoms with Crippen molar-refractivity contribution in [3.8, 4) is 0 Å². The van der Waals surface area contributed by atoms with Gasteiger partial charge in [0.1, 0.15) is 6.20 Å². The first-order valence-corrected chi connectivity index (χ1v) is 7.20. The molecule has 1 atom stereocenters. The summed E-state index contributed by atoms with van der Waals surface area (Å²) in [6.45, 7) is 1.78. The van der Waals surface area contributed by atoms with Gasteiger partial charge in [0.2, 0.25) is 0 Å². The van der Waals surface area contributed by atoms with Crippen LogP contribution >= 0.6 is 27.7 Å². The molecule has 1 aromatic carbocycles. The Kier molecular flexibility index (Phi) is 4.38. The number of hydrogen-bond donors (Lipinski definition) is 1.